The van der Waals surface area contributed by atoms with E-state index in [1.54, 1.807) is 25.3 Å². The molecule has 2 aromatic carbocycles. The maximum atomic E-state index is 6.30. The number of hydrogen-bond donors (Lipinski definition) is 0. The molecule has 1 unspecified atom stereocenters. The van der Waals surface area contributed by atoms with Crippen LogP contribution in [-0.4, -0.2) is 23.4 Å². The van der Waals surface area contributed by atoms with Crippen LogP contribution in [0, 0.1) is 0 Å². The Morgan fingerprint density at radius 3 is 2.28 bits per heavy atom. The fourth-order valence-electron chi connectivity index (χ4n) is 2.74. The number of hydrogen-bond acceptors (Lipinski definition) is 6. The van der Waals surface area contributed by atoms with Crippen molar-refractivity contribution in [3.63, 3.8) is 0 Å². The minimum Gasteiger partial charge on any atom is -0.493 e. The lowest BCUT2D eigenvalue weighted by Gasteiger charge is -2.13. The summed E-state index contributed by atoms with van der Waals surface area (Å²) in [6, 6.07) is 17.0. The van der Waals surface area contributed by atoms with Crippen molar-refractivity contribution in [3.8, 4) is 17.2 Å². The van der Waals surface area contributed by atoms with Crippen LogP contribution >= 0.6 is 23.2 Å². The first-order valence-corrected chi connectivity index (χ1v) is 9.50. The topological polar surface area (TPSA) is 62.7 Å². The van der Waals surface area contributed by atoms with Gasteiger partial charge in [-0.25, -0.2) is 9.97 Å². The van der Waals surface area contributed by atoms with Gasteiger partial charge in [0.15, 0.2) is 21.8 Å². The van der Waals surface area contributed by atoms with Gasteiger partial charge >= 0.3 is 0 Å². The zero-order chi connectivity index (χ0) is 20.2. The summed E-state index contributed by atoms with van der Waals surface area (Å²) in [7, 11) is 1.54. The van der Waals surface area contributed by atoms with Gasteiger partial charge in [-0.1, -0.05) is 65.7 Å². The summed E-state index contributed by atoms with van der Waals surface area (Å²) >= 11 is 12.6. The highest BCUT2D eigenvalue weighted by Gasteiger charge is 2.25. The van der Waals surface area contributed by atoms with Crippen LogP contribution in [0.4, 0.5) is 0 Å². The van der Waals surface area contributed by atoms with Gasteiger partial charge in [0.2, 0.25) is 23.6 Å². The van der Waals surface area contributed by atoms with E-state index in [0.29, 0.717) is 23.7 Å². The van der Waals surface area contributed by atoms with Crippen LogP contribution < -0.4 is 9.47 Å². The van der Waals surface area contributed by atoms with Crippen LogP contribution in [0.3, 0.4) is 0 Å². The van der Waals surface area contributed by atoms with E-state index in [1.807, 2.05) is 36.4 Å². The molecule has 8 heteroatoms. The molecule has 4 rings (SSSR count). The molecule has 0 aliphatic carbocycles. The van der Waals surface area contributed by atoms with E-state index < -0.39 is 6.29 Å². The average Bonchev–Trinajstić information content (AvgIpc) is 3.20. The molecule has 2 heterocycles. The van der Waals surface area contributed by atoms with E-state index >= 15 is 0 Å². The number of aromatic nitrogens is 2. The summed E-state index contributed by atoms with van der Waals surface area (Å²) < 4.78 is 22.4. The number of nitrogens with zero attached hydrogens (tertiary/aromatic N) is 2. The second-order valence-corrected chi connectivity index (χ2v) is 6.78. The van der Waals surface area contributed by atoms with Gasteiger partial charge < -0.3 is 18.9 Å². The second-order valence-electron chi connectivity index (χ2n) is 6.07. The minimum atomic E-state index is -0.474. The van der Waals surface area contributed by atoms with Gasteiger partial charge in [-0.15, -0.1) is 0 Å². The zero-order valence-corrected chi connectivity index (χ0v) is 16.9. The third-order valence-electron chi connectivity index (χ3n) is 4.11. The molecule has 3 aromatic rings. The molecule has 0 bridgehead atoms. The molecule has 0 saturated heterocycles. The first-order valence-electron chi connectivity index (χ1n) is 8.74. The molecule has 0 amide bonds. The molecule has 6 nitrogen and oxygen atoms in total. The quantitative estimate of drug-likeness (QED) is 0.481. The van der Waals surface area contributed by atoms with Crippen molar-refractivity contribution in [2.75, 3.05) is 7.11 Å². The lowest BCUT2D eigenvalue weighted by molar-refractivity contribution is -0.0139. The first-order chi connectivity index (χ1) is 14.1. The van der Waals surface area contributed by atoms with Gasteiger partial charge in [0.1, 0.15) is 6.26 Å². The van der Waals surface area contributed by atoms with Crippen molar-refractivity contribution >= 4 is 29.0 Å². The van der Waals surface area contributed by atoms with Crippen molar-refractivity contribution in [2.45, 2.75) is 12.7 Å². The Morgan fingerprint density at radius 1 is 0.931 bits per heavy atom. The fourth-order valence-corrected chi connectivity index (χ4v) is 3.21. The van der Waals surface area contributed by atoms with Crippen molar-refractivity contribution in [1.29, 1.82) is 0 Å². The average molecular weight is 431 g/mol. The summed E-state index contributed by atoms with van der Waals surface area (Å²) in [6.45, 7) is 0. The molecule has 0 spiro atoms. The van der Waals surface area contributed by atoms with Crippen molar-refractivity contribution < 1.29 is 18.9 Å². The van der Waals surface area contributed by atoms with Crippen molar-refractivity contribution in [1.82, 2.24) is 9.97 Å². The van der Waals surface area contributed by atoms with E-state index in [1.165, 1.54) is 6.26 Å². The van der Waals surface area contributed by atoms with E-state index in [9.17, 15) is 0 Å². The number of benzene rings is 2. The molecule has 148 valence electrons. The normalized spacial score (nSPS) is 15.3. The lowest BCUT2D eigenvalue weighted by atomic mass is 10.1. The van der Waals surface area contributed by atoms with Gasteiger partial charge in [-0.2, -0.15) is 0 Å². The van der Waals surface area contributed by atoms with Gasteiger partial charge in [0.05, 0.1) is 7.11 Å². The standard InChI is InChI=1S/C21H16Cl2N2O4/c1-26-14-9-5-6-10-15(14)29-18-19(22)24-21(25-20(18)23)16-12-27-17(28-16)11-13-7-3-2-4-8-13/h2-10,12,17H,11H2,1H3. The molecule has 0 fully saturated rings. The highest BCUT2D eigenvalue weighted by Crippen LogP contribution is 2.38. The Hall–Kier alpha value is -2.96. The lowest BCUT2D eigenvalue weighted by Crippen LogP contribution is -2.12. The fraction of sp³-hybridized carbons (Fsp3) is 0.143. The summed E-state index contributed by atoms with van der Waals surface area (Å²) in [6.07, 6.45) is 1.56. The molecule has 1 atom stereocenters. The minimum absolute atomic E-state index is 0.0434. The molecule has 1 aliphatic rings. The maximum Gasteiger partial charge on any atom is 0.244 e. The SMILES string of the molecule is COc1ccccc1Oc1c(Cl)nc(C2=COC(Cc3ccccc3)O2)nc1Cl. The molecule has 0 saturated carbocycles. The molecule has 0 N–H and O–H groups in total. The summed E-state index contributed by atoms with van der Waals surface area (Å²) in [5, 5.41) is 0.0869. The van der Waals surface area contributed by atoms with E-state index in [-0.39, 0.29) is 21.9 Å². The van der Waals surface area contributed by atoms with Crippen LogP contribution in [0.25, 0.3) is 5.76 Å². The van der Waals surface area contributed by atoms with Crippen LogP contribution in [-0.2, 0) is 15.9 Å². The molecule has 1 aliphatic heterocycles. The van der Waals surface area contributed by atoms with Crippen LogP contribution in [0.5, 0.6) is 17.2 Å². The van der Waals surface area contributed by atoms with E-state index in [4.69, 9.17) is 42.1 Å². The van der Waals surface area contributed by atoms with Crippen molar-refractivity contribution in [2.24, 2.45) is 0 Å². The van der Waals surface area contributed by atoms with Crippen LogP contribution in [0.1, 0.15) is 11.4 Å². The number of para-hydroxylation sites is 2. The van der Waals surface area contributed by atoms with E-state index in [2.05, 4.69) is 9.97 Å². The first kappa shape index (κ1) is 19.4. The Labute approximate surface area is 177 Å². The third-order valence-corrected chi connectivity index (χ3v) is 4.63. The zero-order valence-electron chi connectivity index (χ0n) is 15.3. The highest BCUT2D eigenvalue weighted by atomic mass is 35.5. The van der Waals surface area contributed by atoms with Gasteiger partial charge in [0.25, 0.3) is 0 Å². The highest BCUT2D eigenvalue weighted by molar-refractivity contribution is 6.35. The summed E-state index contributed by atoms with van der Waals surface area (Å²) in [5.74, 6) is 1.66. The smallest absolute Gasteiger partial charge is 0.244 e. The molecular formula is C21H16Cl2N2O4. The maximum absolute atomic E-state index is 6.30. The molecule has 1 aromatic heterocycles. The molecule has 29 heavy (non-hydrogen) atoms. The number of methoxy groups -OCH3 is 1. The Kier molecular flexibility index (Phi) is 5.74. The predicted octanol–water partition coefficient (Wildman–Crippen LogP) is 5.50. The van der Waals surface area contributed by atoms with Gasteiger partial charge in [-0.3, -0.25) is 0 Å². The van der Waals surface area contributed by atoms with Gasteiger partial charge in [-0.05, 0) is 17.7 Å². The monoisotopic (exact) mass is 430 g/mol. The Balaban J connectivity index is 1.50. The summed E-state index contributed by atoms with van der Waals surface area (Å²) in [4.78, 5) is 8.48. The number of ether oxygens (including phenoxy) is 4. The second kappa shape index (κ2) is 8.59. The Bertz CT molecular complexity index is 1020. The van der Waals surface area contributed by atoms with Crippen LogP contribution in [0.15, 0.2) is 60.9 Å². The molecular weight excluding hydrogens is 415 g/mol. The predicted molar refractivity (Wildman–Crippen MR) is 109 cm³/mol. The van der Waals surface area contributed by atoms with Crippen molar-refractivity contribution in [3.05, 3.63) is 82.6 Å². The molecule has 0 radical (unpaired) electrons. The Morgan fingerprint density at radius 2 is 1.59 bits per heavy atom. The van der Waals surface area contributed by atoms with Gasteiger partial charge in [0, 0.05) is 6.42 Å². The number of halogens is 2. The van der Waals surface area contributed by atoms with E-state index in [0.717, 1.165) is 5.56 Å². The number of rotatable bonds is 6. The third kappa shape index (κ3) is 4.39. The summed E-state index contributed by atoms with van der Waals surface area (Å²) in [5.41, 5.74) is 1.09. The largest absolute Gasteiger partial charge is 0.493 e. The van der Waals surface area contributed by atoms with Crippen LogP contribution in [0.2, 0.25) is 10.3 Å².